The van der Waals surface area contributed by atoms with Gasteiger partial charge in [-0.3, -0.25) is 9.10 Å². The van der Waals surface area contributed by atoms with E-state index in [2.05, 4.69) is 5.32 Å². The average molecular weight is 385 g/mol. The number of hydrogen-bond acceptors (Lipinski definition) is 3. The van der Waals surface area contributed by atoms with Crippen molar-refractivity contribution in [2.45, 2.75) is 6.92 Å². The first-order valence-corrected chi connectivity index (χ1v) is 9.69. The van der Waals surface area contributed by atoms with Crippen molar-refractivity contribution in [3.8, 4) is 0 Å². The van der Waals surface area contributed by atoms with E-state index in [1.165, 1.54) is 28.6 Å². The van der Waals surface area contributed by atoms with Gasteiger partial charge in [-0.1, -0.05) is 17.7 Å². The number of sulfonamides is 1. The van der Waals surface area contributed by atoms with Gasteiger partial charge < -0.3 is 5.32 Å². The van der Waals surface area contributed by atoms with E-state index in [0.29, 0.717) is 16.3 Å². The fraction of sp³-hybridized carbons (Fsp3) is 0.235. The van der Waals surface area contributed by atoms with Crippen LogP contribution in [0.2, 0.25) is 5.02 Å². The molecule has 0 radical (unpaired) electrons. The van der Waals surface area contributed by atoms with Gasteiger partial charge in [-0.2, -0.15) is 0 Å². The zero-order valence-electron chi connectivity index (χ0n) is 13.8. The van der Waals surface area contributed by atoms with Crippen molar-refractivity contribution < 1.29 is 17.6 Å². The van der Waals surface area contributed by atoms with Crippen molar-refractivity contribution >= 4 is 33.2 Å². The predicted octanol–water partition coefficient (Wildman–Crippen LogP) is 2.98. The Kier molecular flexibility index (Phi) is 6.02. The number of anilines is 1. The monoisotopic (exact) mass is 384 g/mol. The number of carbonyl (C=O) groups excluding carboxylic acids is 1. The highest BCUT2D eigenvalue weighted by molar-refractivity contribution is 7.92. The number of benzene rings is 2. The predicted molar refractivity (Wildman–Crippen MR) is 97.1 cm³/mol. The van der Waals surface area contributed by atoms with Crippen LogP contribution in [0.15, 0.2) is 42.5 Å². The minimum Gasteiger partial charge on any atom is -0.350 e. The summed E-state index contributed by atoms with van der Waals surface area (Å²) in [5, 5.41) is 3.05. The molecule has 134 valence electrons. The quantitative estimate of drug-likeness (QED) is 0.832. The molecule has 0 aliphatic heterocycles. The van der Waals surface area contributed by atoms with Crippen LogP contribution in [0.25, 0.3) is 0 Å². The Bertz CT molecular complexity index is 870. The summed E-state index contributed by atoms with van der Waals surface area (Å²) < 4.78 is 38.3. The standard InChI is InChI=1S/C17H18ClFN2O3S/c1-12-3-6-14(18)11-16(12)21(25(2,23)24)10-9-20-17(22)13-4-7-15(19)8-5-13/h3-8,11H,9-10H2,1-2H3,(H,20,22). The van der Waals surface area contributed by atoms with E-state index in [0.717, 1.165) is 11.8 Å². The summed E-state index contributed by atoms with van der Waals surface area (Å²) in [5.41, 5.74) is 1.51. The van der Waals surface area contributed by atoms with Gasteiger partial charge in [0.1, 0.15) is 5.82 Å². The van der Waals surface area contributed by atoms with E-state index in [1.807, 2.05) is 0 Å². The average Bonchev–Trinajstić information content (AvgIpc) is 2.53. The molecule has 0 heterocycles. The Balaban J connectivity index is 2.10. The number of hydrogen-bond donors (Lipinski definition) is 1. The first-order chi connectivity index (χ1) is 11.7. The fourth-order valence-electron chi connectivity index (χ4n) is 2.29. The van der Waals surface area contributed by atoms with Crippen LogP contribution in [-0.2, 0) is 10.0 Å². The maximum Gasteiger partial charge on any atom is 0.251 e. The minimum absolute atomic E-state index is 0.0486. The van der Waals surface area contributed by atoms with Crippen molar-refractivity contribution in [2.24, 2.45) is 0 Å². The Morgan fingerprint density at radius 3 is 2.44 bits per heavy atom. The van der Waals surface area contributed by atoms with Crippen LogP contribution < -0.4 is 9.62 Å². The molecular formula is C17H18ClFN2O3S. The lowest BCUT2D eigenvalue weighted by Crippen LogP contribution is -2.38. The molecule has 0 saturated heterocycles. The molecule has 1 N–H and O–H groups in total. The summed E-state index contributed by atoms with van der Waals surface area (Å²) >= 11 is 5.97. The van der Waals surface area contributed by atoms with Gasteiger partial charge in [0.25, 0.3) is 5.91 Å². The molecule has 0 bridgehead atoms. The third-order valence-electron chi connectivity index (χ3n) is 3.55. The normalized spacial score (nSPS) is 11.2. The van der Waals surface area contributed by atoms with Crippen LogP contribution in [0.5, 0.6) is 0 Å². The van der Waals surface area contributed by atoms with Crippen molar-refractivity contribution in [1.29, 1.82) is 0 Å². The number of nitrogens with one attached hydrogen (secondary N) is 1. The molecule has 8 heteroatoms. The van der Waals surface area contributed by atoms with Gasteiger partial charge in [0.15, 0.2) is 0 Å². The van der Waals surface area contributed by atoms with Gasteiger partial charge in [-0.15, -0.1) is 0 Å². The van der Waals surface area contributed by atoms with Gasteiger partial charge in [0, 0.05) is 17.1 Å². The van der Waals surface area contributed by atoms with Crippen LogP contribution in [0.4, 0.5) is 10.1 Å². The number of nitrogens with zero attached hydrogens (tertiary/aromatic N) is 1. The smallest absolute Gasteiger partial charge is 0.251 e. The van der Waals surface area contributed by atoms with Crippen LogP contribution in [0.3, 0.4) is 0 Å². The van der Waals surface area contributed by atoms with E-state index in [4.69, 9.17) is 11.6 Å². The maximum absolute atomic E-state index is 12.9. The highest BCUT2D eigenvalue weighted by atomic mass is 35.5. The van der Waals surface area contributed by atoms with Gasteiger partial charge in [0.2, 0.25) is 10.0 Å². The van der Waals surface area contributed by atoms with E-state index in [-0.39, 0.29) is 13.1 Å². The second-order valence-electron chi connectivity index (χ2n) is 5.53. The molecule has 2 aromatic rings. The minimum atomic E-state index is -3.55. The maximum atomic E-state index is 12.9. The van der Waals surface area contributed by atoms with E-state index in [9.17, 15) is 17.6 Å². The summed E-state index contributed by atoms with van der Waals surface area (Å²) in [4.78, 5) is 12.0. The van der Waals surface area contributed by atoms with Crippen LogP contribution in [0.1, 0.15) is 15.9 Å². The molecule has 0 atom stereocenters. The first-order valence-electron chi connectivity index (χ1n) is 7.46. The molecule has 2 rings (SSSR count). The zero-order chi connectivity index (χ0) is 18.6. The van der Waals surface area contributed by atoms with E-state index < -0.39 is 21.7 Å². The third-order valence-corrected chi connectivity index (χ3v) is 4.96. The molecule has 0 saturated carbocycles. The number of carbonyl (C=O) groups is 1. The number of aryl methyl sites for hydroxylation is 1. The molecule has 0 aliphatic rings. The SMILES string of the molecule is Cc1ccc(Cl)cc1N(CCNC(=O)c1ccc(F)cc1)S(C)(=O)=O. The molecular weight excluding hydrogens is 367 g/mol. The van der Waals surface area contributed by atoms with Gasteiger partial charge in [0.05, 0.1) is 18.5 Å². The summed E-state index contributed by atoms with van der Waals surface area (Å²) in [6.07, 6.45) is 1.09. The summed E-state index contributed by atoms with van der Waals surface area (Å²) in [6.45, 7) is 1.92. The Morgan fingerprint density at radius 2 is 1.84 bits per heavy atom. The van der Waals surface area contributed by atoms with Gasteiger partial charge in [-0.25, -0.2) is 12.8 Å². The van der Waals surface area contributed by atoms with Crippen LogP contribution in [-0.4, -0.2) is 33.7 Å². The Hall–Kier alpha value is -2.12. The lowest BCUT2D eigenvalue weighted by molar-refractivity contribution is 0.0955. The molecule has 1 amide bonds. The second-order valence-corrected chi connectivity index (χ2v) is 7.87. The molecule has 0 aliphatic carbocycles. The lowest BCUT2D eigenvalue weighted by atomic mass is 10.2. The second kappa shape index (κ2) is 7.84. The van der Waals surface area contributed by atoms with Crippen molar-refractivity contribution in [3.63, 3.8) is 0 Å². The first kappa shape index (κ1) is 19.2. The Morgan fingerprint density at radius 1 is 1.20 bits per heavy atom. The van der Waals surface area contributed by atoms with Gasteiger partial charge >= 0.3 is 0 Å². The zero-order valence-corrected chi connectivity index (χ0v) is 15.4. The third kappa shape index (κ3) is 5.17. The largest absolute Gasteiger partial charge is 0.350 e. The van der Waals surface area contributed by atoms with Crippen molar-refractivity contribution in [1.82, 2.24) is 5.32 Å². The molecule has 5 nitrogen and oxygen atoms in total. The number of rotatable bonds is 6. The van der Waals surface area contributed by atoms with Crippen molar-refractivity contribution in [3.05, 3.63) is 64.4 Å². The lowest BCUT2D eigenvalue weighted by Gasteiger charge is -2.24. The van der Waals surface area contributed by atoms with E-state index >= 15 is 0 Å². The summed E-state index contributed by atoms with van der Waals surface area (Å²) in [6, 6.07) is 10.1. The highest BCUT2D eigenvalue weighted by Crippen LogP contribution is 2.25. The molecule has 2 aromatic carbocycles. The van der Waals surface area contributed by atoms with Gasteiger partial charge in [-0.05, 0) is 48.9 Å². The van der Waals surface area contributed by atoms with Crippen LogP contribution in [0, 0.1) is 12.7 Å². The topological polar surface area (TPSA) is 66.5 Å². The Labute approximate surface area is 151 Å². The molecule has 0 spiro atoms. The van der Waals surface area contributed by atoms with Crippen molar-refractivity contribution in [2.75, 3.05) is 23.7 Å². The fourth-order valence-corrected chi connectivity index (χ4v) is 3.43. The van der Waals surface area contributed by atoms with E-state index in [1.54, 1.807) is 25.1 Å². The number of amides is 1. The van der Waals surface area contributed by atoms with Crippen LogP contribution >= 0.6 is 11.6 Å². The molecule has 0 aromatic heterocycles. The number of halogens is 2. The molecule has 0 unspecified atom stereocenters. The summed E-state index contributed by atoms with van der Waals surface area (Å²) in [7, 11) is -3.55. The highest BCUT2D eigenvalue weighted by Gasteiger charge is 2.19. The molecule has 25 heavy (non-hydrogen) atoms. The summed E-state index contributed by atoms with van der Waals surface area (Å²) in [5.74, 6) is -0.840. The molecule has 0 fully saturated rings.